The Balaban J connectivity index is 2.01. The summed E-state index contributed by atoms with van der Waals surface area (Å²) >= 11 is 0. The van der Waals surface area contributed by atoms with Crippen molar-refractivity contribution in [2.24, 2.45) is 10.9 Å². The largest absolute Gasteiger partial charge is 0.493 e. The minimum Gasteiger partial charge on any atom is -0.493 e. The van der Waals surface area contributed by atoms with Crippen molar-refractivity contribution in [3.8, 4) is 11.5 Å². The van der Waals surface area contributed by atoms with Crippen LogP contribution < -0.4 is 20.1 Å². The SMILES string of the molecule is CN=C(NCC(c1ccc(OC)c(OC)c1)N(C)C)NC1CCC(C)CC1. The van der Waals surface area contributed by atoms with Crippen LogP contribution in [0.15, 0.2) is 23.2 Å². The predicted octanol–water partition coefficient (Wildman–Crippen LogP) is 3.05. The highest BCUT2D eigenvalue weighted by Crippen LogP contribution is 2.31. The summed E-state index contributed by atoms with van der Waals surface area (Å²) in [5, 5.41) is 7.09. The first-order valence-corrected chi connectivity index (χ1v) is 9.84. The van der Waals surface area contributed by atoms with Crippen LogP contribution in [0.25, 0.3) is 0 Å². The van der Waals surface area contributed by atoms with Gasteiger partial charge in [-0.05, 0) is 63.4 Å². The smallest absolute Gasteiger partial charge is 0.191 e. The van der Waals surface area contributed by atoms with Crippen molar-refractivity contribution in [2.45, 2.75) is 44.7 Å². The highest BCUT2D eigenvalue weighted by atomic mass is 16.5. The van der Waals surface area contributed by atoms with Crippen LogP contribution in [-0.4, -0.2) is 58.8 Å². The van der Waals surface area contributed by atoms with Crippen molar-refractivity contribution in [1.29, 1.82) is 0 Å². The summed E-state index contributed by atoms with van der Waals surface area (Å²) in [6, 6.07) is 6.80. The first-order valence-electron chi connectivity index (χ1n) is 9.84. The zero-order chi connectivity index (χ0) is 19.8. The molecule has 0 spiro atoms. The molecule has 1 aromatic carbocycles. The molecule has 0 aliphatic heterocycles. The molecule has 6 nitrogen and oxygen atoms in total. The number of benzene rings is 1. The molecule has 1 aromatic rings. The molecule has 1 fully saturated rings. The molecule has 2 rings (SSSR count). The minimum atomic E-state index is 0.190. The molecule has 0 saturated heterocycles. The number of ether oxygens (including phenoxy) is 2. The molecule has 1 atom stereocenters. The van der Waals surface area contributed by atoms with Crippen molar-refractivity contribution >= 4 is 5.96 Å². The summed E-state index contributed by atoms with van der Waals surface area (Å²) in [4.78, 5) is 6.62. The van der Waals surface area contributed by atoms with E-state index in [4.69, 9.17) is 9.47 Å². The van der Waals surface area contributed by atoms with Crippen LogP contribution >= 0.6 is 0 Å². The lowest BCUT2D eigenvalue weighted by atomic mass is 9.87. The quantitative estimate of drug-likeness (QED) is 0.566. The van der Waals surface area contributed by atoms with Crippen LogP contribution in [0.4, 0.5) is 0 Å². The maximum absolute atomic E-state index is 5.46. The standard InChI is InChI=1S/C21H36N4O2/c1-15-7-10-17(11-8-15)24-21(22-2)23-14-18(25(3)4)16-9-12-19(26-5)20(13-16)27-6/h9,12-13,15,17-18H,7-8,10-11,14H2,1-6H3,(H2,22,23,24). The van der Waals surface area contributed by atoms with Crippen molar-refractivity contribution in [1.82, 2.24) is 15.5 Å². The number of nitrogens with one attached hydrogen (secondary N) is 2. The van der Waals surface area contributed by atoms with Crippen LogP contribution in [0.5, 0.6) is 11.5 Å². The van der Waals surface area contributed by atoms with E-state index in [2.05, 4.69) is 47.6 Å². The fraction of sp³-hybridized carbons (Fsp3) is 0.667. The molecule has 6 heteroatoms. The molecule has 152 valence electrons. The Labute approximate surface area is 164 Å². The predicted molar refractivity (Wildman–Crippen MR) is 112 cm³/mol. The van der Waals surface area contributed by atoms with E-state index >= 15 is 0 Å². The van der Waals surface area contributed by atoms with Crippen LogP contribution in [0.1, 0.15) is 44.2 Å². The van der Waals surface area contributed by atoms with E-state index in [1.54, 1.807) is 14.2 Å². The molecule has 1 unspecified atom stereocenters. The molecule has 1 aliphatic rings. The maximum Gasteiger partial charge on any atom is 0.191 e. The Morgan fingerprint density at radius 3 is 2.37 bits per heavy atom. The van der Waals surface area contributed by atoms with Gasteiger partial charge < -0.3 is 25.0 Å². The number of likely N-dealkylation sites (N-methyl/N-ethyl adjacent to an activating group) is 1. The highest BCUT2D eigenvalue weighted by Gasteiger charge is 2.20. The van der Waals surface area contributed by atoms with Crippen molar-refractivity contribution < 1.29 is 9.47 Å². The van der Waals surface area contributed by atoms with E-state index in [1.807, 2.05) is 19.2 Å². The summed E-state index contributed by atoms with van der Waals surface area (Å²) in [7, 11) is 9.33. The van der Waals surface area contributed by atoms with Gasteiger partial charge in [0.05, 0.1) is 20.3 Å². The van der Waals surface area contributed by atoms with E-state index in [9.17, 15) is 0 Å². The van der Waals surface area contributed by atoms with E-state index in [-0.39, 0.29) is 6.04 Å². The zero-order valence-electron chi connectivity index (χ0n) is 17.7. The summed E-state index contributed by atoms with van der Waals surface area (Å²) in [5.41, 5.74) is 1.17. The summed E-state index contributed by atoms with van der Waals surface area (Å²) < 4.78 is 10.8. The number of hydrogen-bond donors (Lipinski definition) is 2. The van der Waals surface area contributed by atoms with Crippen LogP contribution in [0.2, 0.25) is 0 Å². The van der Waals surface area contributed by atoms with Crippen molar-refractivity contribution in [2.75, 3.05) is 41.9 Å². The average molecular weight is 377 g/mol. The van der Waals surface area contributed by atoms with Gasteiger partial charge in [-0.3, -0.25) is 4.99 Å². The molecule has 27 heavy (non-hydrogen) atoms. The molecule has 0 bridgehead atoms. The Morgan fingerprint density at radius 1 is 1.15 bits per heavy atom. The number of guanidine groups is 1. The number of hydrogen-bond acceptors (Lipinski definition) is 4. The van der Waals surface area contributed by atoms with Gasteiger partial charge in [0.15, 0.2) is 17.5 Å². The highest BCUT2D eigenvalue weighted by molar-refractivity contribution is 5.80. The van der Waals surface area contributed by atoms with Gasteiger partial charge in [0.2, 0.25) is 0 Å². The fourth-order valence-electron chi connectivity index (χ4n) is 3.64. The Morgan fingerprint density at radius 2 is 1.81 bits per heavy atom. The van der Waals surface area contributed by atoms with Crippen molar-refractivity contribution in [3.63, 3.8) is 0 Å². The van der Waals surface area contributed by atoms with Crippen molar-refractivity contribution in [3.05, 3.63) is 23.8 Å². The van der Waals surface area contributed by atoms with Gasteiger partial charge in [-0.25, -0.2) is 0 Å². The second kappa shape index (κ2) is 10.4. The average Bonchev–Trinajstić information content (AvgIpc) is 2.68. The van der Waals surface area contributed by atoms with Gasteiger partial charge in [0.25, 0.3) is 0 Å². The van der Waals surface area contributed by atoms with E-state index < -0.39 is 0 Å². The first kappa shape index (κ1) is 21.4. The molecule has 0 radical (unpaired) electrons. The topological polar surface area (TPSA) is 58.1 Å². The molecule has 0 aromatic heterocycles. The summed E-state index contributed by atoms with van der Waals surface area (Å²) in [6.45, 7) is 3.10. The zero-order valence-corrected chi connectivity index (χ0v) is 17.7. The Bertz CT molecular complexity index is 610. The van der Waals surface area contributed by atoms with Crippen LogP contribution in [0, 0.1) is 5.92 Å². The lowest BCUT2D eigenvalue weighted by Crippen LogP contribution is -2.46. The molecule has 1 saturated carbocycles. The van der Waals surface area contributed by atoms with E-state index in [0.717, 1.165) is 29.9 Å². The number of aliphatic imine (C=N–C) groups is 1. The van der Waals surface area contributed by atoms with Gasteiger partial charge in [-0.15, -0.1) is 0 Å². The normalized spacial score (nSPS) is 21.7. The van der Waals surface area contributed by atoms with Crippen LogP contribution in [-0.2, 0) is 0 Å². The van der Waals surface area contributed by atoms with Gasteiger partial charge in [0, 0.05) is 19.6 Å². The number of nitrogens with zero attached hydrogens (tertiary/aromatic N) is 2. The molecular formula is C21H36N4O2. The fourth-order valence-corrected chi connectivity index (χ4v) is 3.64. The third-order valence-corrected chi connectivity index (χ3v) is 5.46. The van der Waals surface area contributed by atoms with Gasteiger partial charge in [-0.1, -0.05) is 13.0 Å². The maximum atomic E-state index is 5.46. The Kier molecular flexibility index (Phi) is 8.23. The second-order valence-electron chi connectivity index (χ2n) is 7.65. The van der Waals surface area contributed by atoms with Gasteiger partial charge >= 0.3 is 0 Å². The van der Waals surface area contributed by atoms with Gasteiger partial charge in [0.1, 0.15) is 0 Å². The monoisotopic (exact) mass is 376 g/mol. The molecule has 0 amide bonds. The molecular weight excluding hydrogens is 340 g/mol. The number of rotatable bonds is 7. The number of methoxy groups -OCH3 is 2. The Hall–Kier alpha value is -1.95. The lowest BCUT2D eigenvalue weighted by Gasteiger charge is -2.30. The van der Waals surface area contributed by atoms with E-state index in [0.29, 0.717) is 6.04 Å². The van der Waals surface area contributed by atoms with Crippen LogP contribution in [0.3, 0.4) is 0 Å². The van der Waals surface area contributed by atoms with E-state index in [1.165, 1.54) is 31.2 Å². The third kappa shape index (κ3) is 6.03. The van der Waals surface area contributed by atoms with Gasteiger partial charge in [-0.2, -0.15) is 0 Å². The summed E-state index contributed by atoms with van der Waals surface area (Å²) in [6.07, 6.45) is 5.02. The molecule has 0 heterocycles. The summed E-state index contributed by atoms with van der Waals surface area (Å²) in [5.74, 6) is 3.22. The third-order valence-electron chi connectivity index (χ3n) is 5.46. The molecule has 2 N–H and O–H groups in total. The first-order chi connectivity index (χ1) is 13.0. The minimum absolute atomic E-state index is 0.190. The second-order valence-corrected chi connectivity index (χ2v) is 7.65. The lowest BCUT2D eigenvalue weighted by molar-refractivity contribution is 0.293. The molecule has 1 aliphatic carbocycles.